The first-order valence-corrected chi connectivity index (χ1v) is 10.1. The predicted molar refractivity (Wildman–Crippen MR) is 114 cm³/mol. The van der Waals surface area contributed by atoms with Crippen LogP contribution in [0, 0.1) is 0 Å². The molecule has 1 aromatic carbocycles. The van der Waals surface area contributed by atoms with E-state index in [0.717, 1.165) is 16.5 Å². The Morgan fingerprint density at radius 2 is 2.00 bits per heavy atom. The number of ether oxygens (including phenoxy) is 3. The van der Waals surface area contributed by atoms with Gasteiger partial charge in [-0.3, -0.25) is 4.79 Å². The summed E-state index contributed by atoms with van der Waals surface area (Å²) in [6, 6.07) is 8.79. The van der Waals surface area contributed by atoms with Crippen LogP contribution in [0.1, 0.15) is 26.3 Å². The summed E-state index contributed by atoms with van der Waals surface area (Å²) in [6.07, 6.45) is 4.18. The lowest BCUT2D eigenvalue weighted by atomic mass is 10.0. The van der Waals surface area contributed by atoms with E-state index in [1.165, 1.54) is 20.4 Å². The molecule has 1 saturated heterocycles. The number of hydrogen-bond donors (Lipinski definition) is 0. The summed E-state index contributed by atoms with van der Waals surface area (Å²) < 4.78 is 17.7. The van der Waals surface area contributed by atoms with E-state index >= 15 is 0 Å². The third kappa shape index (κ3) is 4.11. The van der Waals surface area contributed by atoms with E-state index in [2.05, 4.69) is 4.98 Å². The zero-order valence-electron chi connectivity index (χ0n) is 17.8. The molecule has 0 saturated carbocycles. The fourth-order valence-electron chi connectivity index (χ4n) is 4.02. The summed E-state index contributed by atoms with van der Waals surface area (Å²) in [4.78, 5) is 31.2. The molecule has 3 aromatic rings. The summed E-state index contributed by atoms with van der Waals surface area (Å²) in [7, 11) is 4.87. The van der Waals surface area contributed by atoms with Crippen LogP contribution < -0.4 is 4.74 Å². The number of fused-ring (bicyclic) bond motifs is 1. The Morgan fingerprint density at radius 3 is 2.71 bits per heavy atom. The van der Waals surface area contributed by atoms with Crippen LogP contribution in [-0.2, 0) is 22.9 Å². The molecule has 0 bridgehead atoms. The van der Waals surface area contributed by atoms with E-state index in [1.807, 2.05) is 34.8 Å². The Kier molecular flexibility index (Phi) is 5.90. The lowest BCUT2D eigenvalue weighted by Crippen LogP contribution is -2.49. The van der Waals surface area contributed by atoms with E-state index in [4.69, 9.17) is 14.2 Å². The van der Waals surface area contributed by atoms with Crippen molar-refractivity contribution < 1.29 is 23.8 Å². The zero-order valence-corrected chi connectivity index (χ0v) is 17.8. The van der Waals surface area contributed by atoms with Gasteiger partial charge in [-0.1, -0.05) is 0 Å². The number of carbonyl (C=O) groups is 2. The Hall–Kier alpha value is -3.39. The lowest BCUT2D eigenvalue weighted by molar-refractivity contribution is -0.00158. The Balaban J connectivity index is 1.62. The second-order valence-electron chi connectivity index (χ2n) is 7.51. The van der Waals surface area contributed by atoms with Gasteiger partial charge in [0.25, 0.3) is 5.91 Å². The molecule has 1 atom stereocenters. The molecule has 4 rings (SSSR count). The van der Waals surface area contributed by atoms with Crippen LogP contribution in [0.4, 0.5) is 0 Å². The highest BCUT2D eigenvalue weighted by Gasteiger charge is 2.29. The van der Waals surface area contributed by atoms with Gasteiger partial charge in [0.05, 0.1) is 44.6 Å². The highest BCUT2D eigenvalue weighted by molar-refractivity contribution is 5.96. The number of aromatic nitrogens is 2. The number of hydrogen-bond acceptors (Lipinski definition) is 6. The summed E-state index contributed by atoms with van der Waals surface area (Å²) in [5.41, 5.74) is 3.07. The fraction of sp³-hybridized carbons (Fsp3) is 0.348. The number of morpholine rings is 1. The monoisotopic (exact) mass is 423 g/mol. The predicted octanol–water partition coefficient (Wildman–Crippen LogP) is 2.45. The number of nitrogens with zero attached hydrogens (tertiary/aromatic N) is 3. The molecule has 31 heavy (non-hydrogen) atoms. The van der Waals surface area contributed by atoms with Gasteiger partial charge >= 0.3 is 5.97 Å². The standard InChI is InChI=1S/C23H25N3O5/c1-25-13-17(19-11-15(23(28)30-3)4-6-20(19)25)10-18-14-31-9-8-26(18)22(27)16-5-7-21(29-2)24-12-16/h4-7,11-13,18H,8-10,14H2,1-3H3/t18-/m0/s1. The molecule has 1 aliphatic rings. The maximum atomic E-state index is 13.2. The van der Waals surface area contributed by atoms with Gasteiger partial charge in [0.2, 0.25) is 5.88 Å². The average molecular weight is 423 g/mol. The molecule has 1 fully saturated rings. The van der Waals surface area contributed by atoms with Crippen molar-refractivity contribution in [1.29, 1.82) is 0 Å². The smallest absolute Gasteiger partial charge is 0.337 e. The van der Waals surface area contributed by atoms with Gasteiger partial charge in [0.15, 0.2) is 0 Å². The maximum Gasteiger partial charge on any atom is 0.337 e. The molecule has 2 aromatic heterocycles. The van der Waals surface area contributed by atoms with Crippen molar-refractivity contribution in [1.82, 2.24) is 14.5 Å². The molecule has 0 aliphatic carbocycles. The first kappa shape index (κ1) is 20.9. The van der Waals surface area contributed by atoms with Crippen molar-refractivity contribution in [3.05, 3.63) is 59.4 Å². The number of pyridine rings is 1. The van der Waals surface area contributed by atoms with Gasteiger partial charge < -0.3 is 23.7 Å². The summed E-state index contributed by atoms with van der Waals surface area (Å²) in [6.45, 7) is 1.45. The molecule has 162 valence electrons. The van der Waals surface area contributed by atoms with Crippen LogP contribution in [0.3, 0.4) is 0 Å². The van der Waals surface area contributed by atoms with Crippen molar-refractivity contribution in [3.63, 3.8) is 0 Å². The van der Waals surface area contributed by atoms with Crippen LogP contribution in [0.2, 0.25) is 0 Å². The van der Waals surface area contributed by atoms with Gasteiger partial charge in [0.1, 0.15) is 0 Å². The minimum absolute atomic E-state index is 0.0843. The van der Waals surface area contributed by atoms with Crippen molar-refractivity contribution in [2.45, 2.75) is 12.5 Å². The van der Waals surface area contributed by atoms with E-state index in [-0.39, 0.29) is 17.9 Å². The molecule has 1 aliphatic heterocycles. The van der Waals surface area contributed by atoms with Crippen molar-refractivity contribution in [2.75, 3.05) is 34.0 Å². The van der Waals surface area contributed by atoms with Crippen molar-refractivity contribution in [3.8, 4) is 5.88 Å². The summed E-state index contributed by atoms with van der Waals surface area (Å²) in [5.74, 6) is 0.00713. The fourth-order valence-corrected chi connectivity index (χ4v) is 4.02. The highest BCUT2D eigenvalue weighted by atomic mass is 16.5. The lowest BCUT2D eigenvalue weighted by Gasteiger charge is -2.35. The Morgan fingerprint density at radius 1 is 1.19 bits per heavy atom. The second-order valence-corrected chi connectivity index (χ2v) is 7.51. The number of carbonyl (C=O) groups excluding carboxylic acids is 2. The number of amides is 1. The molecule has 8 heteroatoms. The third-order valence-electron chi connectivity index (χ3n) is 5.63. The topological polar surface area (TPSA) is 82.9 Å². The minimum Gasteiger partial charge on any atom is -0.481 e. The quantitative estimate of drug-likeness (QED) is 0.587. The molecular weight excluding hydrogens is 398 g/mol. The van der Waals surface area contributed by atoms with E-state index in [0.29, 0.717) is 43.2 Å². The molecule has 0 N–H and O–H groups in total. The van der Waals surface area contributed by atoms with Gasteiger partial charge in [-0.15, -0.1) is 0 Å². The van der Waals surface area contributed by atoms with Gasteiger partial charge in [-0.25, -0.2) is 9.78 Å². The molecule has 0 spiro atoms. The van der Waals surface area contributed by atoms with E-state index in [9.17, 15) is 9.59 Å². The van der Waals surface area contributed by atoms with Gasteiger partial charge in [0, 0.05) is 43.0 Å². The van der Waals surface area contributed by atoms with Crippen LogP contribution in [-0.4, -0.2) is 66.3 Å². The molecule has 3 heterocycles. The number of esters is 1. The highest BCUT2D eigenvalue weighted by Crippen LogP contribution is 2.26. The molecule has 0 unspecified atom stereocenters. The number of aryl methyl sites for hydroxylation is 1. The average Bonchev–Trinajstić information content (AvgIpc) is 3.13. The molecule has 0 radical (unpaired) electrons. The first-order chi connectivity index (χ1) is 15.0. The maximum absolute atomic E-state index is 13.2. The summed E-state index contributed by atoms with van der Waals surface area (Å²) in [5, 5.41) is 0.967. The SMILES string of the molecule is COC(=O)c1ccc2c(c1)c(C[C@H]1COCCN1C(=O)c1ccc(OC)nc1)cn2C. The van der Waals surface area contributed by atoms with Crippen molar-refractivity contribution in [2.24, 2.45) is 7.05 Å². The third-order valence-corrected chi connectivity index (χ3v) is 5.63. The van der Waals surface area contributed by atoms with Crippen molar-refractivity contribution >= 4 is 22.8 Å². The van der Waals surface area contributed by atoms with Crippen LogP contribution in [0.5, 0.6) is 5.88 Å². The molecular formula is C23H25N3O5. The molecule has 8 nitrogen and oxygen atoms in total. The number of benzene rings is 1. The Labute approximate surface area is 180 Å². The first-order valence-electron chi connectivity index (χ1n) is 10.1. The van der Waals surface area contributed by atoms with Gasteiger partial charge in [-0.05, 0) is 36.2 Å². The largest absolute Gasteiger partial charge is 0.481 e. The van der Waals surface area contributed by atoms with E-state index in [1.54, 1.807) is 18.2 Å². The van der Waals surface area contributed by atoms with E-state index < -0.39 is 0 Å². The number of methoxy groups -OCH3 is 2. The molecule has 1 amide bonds. The summed E-state index contributed by atoms with van der Waals surface area (Å²) >= 11 is 0. The van der Waals surface area contributed by atoms with Crippen LogP contribution >= 0.6 is 0 Å². The van der Waals surface area contributed by atoms with Gasteiger partial charge in [-0.2, -0.15) is 0 Å². The zero-order chi connectivity index (χ0) is 22.0. The Bertz CT molecular complexity index is 1110. The van der Waals surface area contributed by atoms with Crippen LogP contribution in [0.25, 0.3) is 10.9 Å². The normalized spacial score (nSPS) is 16.4. The van der Waals surface area contributed by atoms with Crippen LogP contribution in [0.15, 0.2) is 42.7 Å². The minimum atomic E-state index is -0.374. The second kappa shape index (κ2) is 8.77. The number of rotatable bonds is 5.